The van der Waals surface area contributed by atoms with Crippen LogP contribution in [0.25, 0.3) is 0 Å². The maximum Gasteiger partial charge on any atom is 0.130 e. The quantitative estimate of drug-likeness (QED) is 0.535. The van der Waals surface area contributed by atoms with Crippen molar-refractivity contribution in [1.29, 1.82) is 0 Å². The third-order valence-corrected chi connectivity index (χ3v) is 2.41. The zero-order chi connectivity index (χ0) is 11.3. The van der Waals surface area contributed by atoms with Crippen LogP contribution in [0.1, 0.15) is 6.92 Å². The zero-order valence-corrected chi connectivity index (χ0v) is 9.61. The average Bonchev–Trinajstić information content (AvgIpc) is 2.17. The Hall–Kier alpha value is -1.29. The van der Waals surface area contributed by atoms with Gasteiger partial charge in [-0.3, -0.25) is 0 Å². The lowest BCUT2D eigenvalue weighted by atomic mass is 10.3. The van der Waals surface area contributed by atoms with Crippen LogP contribution in [0.3, 0.4) is 0 Å². The van der Waals surface area contributed by atoms with Crippen LogP contribution in [0.15, 0.2) is 29.5 Å². The van der Waals surface area contributed by atoms with Crippen molar-refractivity contribution >= 4 is 5.84 Å². The fourth-order valence-electron chi connectivity index (χ4n) is 1.54. The third-order valence-electron chi connectivity index (χ3n) is 2.41. The molecule has 0 atom stereocenters. The highest BCUT2D eigenvalue weighted by molar-refractivity contribution is 5.93. The Bertz CT molecular complexity index is 268. The Morgan fingerprint density at radius 3 is 2.40 bits per heavy atom. The first-order valence-corrected chi connectivity index (χ1v) is 5.19. The number of nitrogens with zero attached hydrogens (tertiary/aromatic N) is 3. The predicted octanol–water partition coefficient (Wildman–Crippen LogP) is 0.638. The minimum atomic E-state index is 0.773. The van der Waals surface area contributed by atoms with E-state index in [9.17, 15) is 0 Å². The van der Waals surface area contributed by atoms with Crippen LogP contribution in [-0.4, -0.2) is 48.9 Å². The zero-order valence-electron chi connectivity index (χ0n) is 9.61. The molecule has 0 unspecified atom stereocenters. The number of likely N-dealkylation sites (N-methyl/N-ethyl adjacent to an activating group) is 1. The van der Waals surface area contributed by atoms with Gasteiger partial charge in [0.15, 0.2) is 0 Å². The second-order valence-electron chi connectivity index (χ2n) is 3.85. The highest BCUT2D eigenvalue weighted by Gasteiger charge is 2.15. The summed E-state index contributed by atoms with van der Waals surface area (Å²) in [6, 6.07) is 0. The van der Waals surface area contributed by atoms with Gasteiger partial charge >= 0.3 is 0 Å². The molecule has 1 aliphatic heterocycles. The average molecular weight is 208 g/mol. The van der Waals surface area contributed by atoms with E-state index in [1.807, 2.05) is 13.0 Å². The van der Waals surface area contributed by atoms with E-state index in [2.05, 4.69) is 28.4 Å². The maximum atomic E-state index is 5.67. The number of rotatable bonds is 2. The van der Waals surface area contributed by atoms with E-state index >= 15 is 0 Å². The second-order valence-corrected chi connectivity index (χ2v) is 3.85. The molecule has 0 amide bonds. The lowest BCUT2D eigenvalue weighted by Crippen LogP contribution is -2.46. The summed E-state index contributed by atoms with van der Waals surface area (Å²) in [5, 5.41) is 0. The molecule has 0 aromatic heterocycles. The van der Waals surface area contributed by atoms with Crippen molar-refractivity contribution in [3.8, 4) is 0 Å². The Morgan fingerprint density at radius 2 is 1.93 bits per heavy atom. The van der Waals surface area contributed by atoms with Crippen LogP contribution in [0.4, 0.5) is 0 Å². The number of piperazine rings is 1. The van der Waals surface area contributed by atoms with Gasteiger partial charge in [-0.2, -0.15) is 0 Å². The number of allylic oxidation sites excluding steroid dienone is 1. The first kappa shape index (κ1) is 11.8. The van der Waals surface area contributed by atoms with Gasteiger partial charge in [-0.25, -0.2) is 4.99 Å². The topological polar surface area (TPSA) is 44.9 Å². The monoisotopic (exact) mass is 208 g/mol. The molecule has 4 heteroatoms. The van der Waals surface area contributed by atoms with Crippen molar-refractivity contribution < 1.29 is 0 Å². The number of hydrogen-bond donors (Lipinski definition) is 1. The predicted molar refractivity (Wildman–Crippen MR) is 64.6 cm³/mol. The molecule has 15 heavy (non-hydrogen) atoms. The fraction of sp³-hybridized carbons (Fsp3) is 0.545. The van der Waals surface area contributed by atoms with E-state index in [0.29, 0.717) is 0 Å². The third kappa shape index (κ3) is 3.75. The first-order valence-electron chi connectivity index (χ1n) is 5.19. The summed E-state index contributed by atoms with van der Waals surface area (Å²) in [7, 11) is 2.13. The molecule has 1 heterocycles. The first-order chi connectivity index (χ1) is 7.13. The molecule has 1 aliphatic rings. The summed E-state index contributed by atoms with van der Waals surface area (Å²) < 4.78 is 0. The lowest BCUT2D eigenvalue weighted by molar-refractivity contribution is 0.216. The van der Waals surface area contributed by atoms with Crippen molar-refractivity contribution in [2.24, 2.45) is 10.7 Å². The van der Waals surface area contributed by atoms with Gasteiger partial charge in [0.1, 0.15) is 5.84 Å². The van der Waals surface area contributed by atoms with Crippen LogP contribution < -0.4 is 5.73 Å². The van der Waals surface area contributed by atoms with E-state index < -0.39 is 0 Å². The van der Waals surface area contributed by atoms with Gasteiger partial charge in [-0.15, -0.1) is 0 Å². The van der Waals surface area contributed by atoms with Crippen LogP contribution in [-0.2, 0) is 0 Å². The highest BCUT2D eigenvalue weighted by atomic mass is 15.3. The van der Waals surface area contributed by atoms with Crippen molar-refractivity contribution in [3.05, 3.63) is 24.6 Å². The van der Waals surface area contributed by atoms with Gasteiger partial charge in [0.25, 0.3) is 0 Å². The van der Waals surface area contributed by atoms with Gasteiger partial charge < -0.3 is 15.5 Å². The summed E-state index contributed by atoms with van der Waals surface area (Å²) in [4.78, 5) is 8.79. The minimum absolute atomic E-state index is 0.773. The Kier molecular flexibility index (Phi) is 4.37. The van der Waals surface area contributed by atoms with Gasteiger partial charge in [-0.1, -0.05) is 6.58 Å². The Morgan fingerprint density at radius 1 is 1.33 bits per heavy atom. The van der Waals surface area contributed by atoms with E-state index in [1.54, 1.807) is 6.20 Å². The van der Waals surface area contributed by atoms with E-state index in [4.69, 9.17) is 5.73 Å². The van der Waals surface area contributed by atoms with Crippen molar-refractivity contribution in [1.82, 2.24) is 9.80 Å². The highest BCUT2D eigenvalue weighted by Crippen LogP contribution is 2.03. The molecule has 0 aromatic rings. The van der Waals surface area contributed by atoms with Gasteiger partial charge in [0.05, 0.1) is 0 Å². The van der Waals surface area contributed by atoms with Gasteiger partial charge in [-0.05, 0) is 20.0 Å². The SMILES string of the molecule is C=C/N=C(\C=C(\C)N)N1CCN(C)CC1. The number of amidine groups is 1. The summed E-state index contributed by atoms with van der Waals surface area (Å²) in [5.74, 6) is 0.915. The summed E-state index contributed by atoms with van der Waals surface area (Å²) >= 11 is 0. The number of nitrogens with two attached hydrogens (primary N) is 1. The van der Waals surface area contributed by atoms with E-state index in [1.165, 1.54) is 0 Å². The molecule has 4 nitrogen and oxygen atoms in total. The fourth-order valence-corrected chi connectivity index (χ4v) is 1.54. The minimum Gasteiger partial charge on any atom is -0.402 e. The lowest BCUT2D eigenvalue weighted by Gasteiger charge is -2.33. The molecule has 84 valence electrons. The number of aliphatic imine (C=N–C) groups is 1. The molecule has 1 saturated heterocycles. The number of hydrogen-bond acceptors (Lipinski definition) is 3. The molecule has 1 rings (SSSR count). The molecular weight excluding hydrogens is 188 g/mol. The smallest absolute Gasteiger partial charge is 0.130 e. The molecule has 2 N–H and O–H groups in total. The van der Waals surface area contributed by atoms with Crippen LogP contribution in [0.5, 0.6) is 0 Å². The second kappa shape index (κ2) is 5.56. The van der Waals surface area contributed by atoms with Gasteiger partial charge in [0, 0.05) is 38.1 Å². The maximum absolute atomic E-state index is 5.67. The Labute approximate surface area is 91.8 Å². The Balaban J connectivity index is 2.69. The van der Waals surface area contributed by atoms with Crippen molar-refractivity contribution in [3.63, 3.8) is 0 Å². The van der Waals surface area contributed by atoms with E-state index in [0.717, 1.165) is 37.7 Å². The van der Waals surface area contributed by atoms with Crippen LogP contribution in [0.2, 0.25) is 0 Å². The normalized spacial score (nSPS) is 20.5. The standard InChI is InChI=1S/C11H20N4/c1-4-13-11(9-10(2)12)15-7-5-14(3)6-8-15/h4,9H,1,5-8,12H2,2-3H3/b10-9-,13-11+. The molecule has 0 bridgehead atoms. The molecular formula is C11H20N4. The summed E-state index contributed by atoms with van der Waals surface area (Å²) in [6.45, 7) is 9.60. The van der Waals surface area contributed by atoms with Crippen LogP contribution in [0, 0.1) is 0 Å². The van der Waals surface area contributed by atoms with Gasteiger partial charge in [0.2, 0.25) is 0 Å². The molecule has 0 aromatic carbocycles. The van der Waals surface area contributed by atoms with Crippen molar-refractivity contribution in [2.45, 2.75) is 6.92 Å². The van der Waals surface area contributed by atoms with E-state index in [-0.39, 0.29) is 0 Å². The molecule has 0 saturated carbocycles. The van der Waals surface area contributed by atoms with Crippen molar-refractivity contribution in [2.75, 3.05) is 33.2 Å². The largest absolute Gasteiger partial charge is 0.402 e. The molecule has 0 radical (unpaired) electrons. The molecule has 0 spiro atoms. The molecule has 1 fully saturated rings. The summed E-state index contributed by atoms with van der Waals surface area (Å²) in [6.07, 6.45) is 3.46. The van der Waals surface area contributed by atoms with Crippen LogP contribution >= 0.6 is 0 Å². The summed E-state index contributed by atoms with van der Waals surface area (Å²) in [5.41, 5.74) is 6.44. The molecule has 0 aliphatic carbocycles.